The maximum Gasteiger partial charge on any atom is 0.0412 e. The van der Waals surface area contributed by atoms with Gasteiger partial charge in [-0.1, -0.05) is 74.4 Å². The summed E-state index contributed by atoms with van der Waals surface area (Å²) in [6, 6.07) is 0. The Morgan fingerprint density at radius 3 is 1.55 bits per heavy atom. The van der Waals surface area contributed by atoms with Gasteiger partial charge in [-0.25, -0.2) is 0 Å². The topological polar surface area (TPSA) is 3.24 Å². The van der Waals surface area contributed by atoms with Crippen molar-refractivity contribution in [1.82, 2.24) is 4.90 Å². The first-order chi connectivity index (χ1) is 10.6. The summed E-state index contributed by atoms with van der Waals surface area (Å²) < 4.78 is 0. The maximum atomic E-state index is 3.73. The summed E-state index contributed by atoms with van der Waals surface area (Å²) in [5, 5.41) is 0. The summed E-state index contributed by atoms with van der Waals surface area (Å²) in [4.78, 5) is 2.18. The Labute approximate surface area is 136 Å². The molecule has 0 unspecified atom stereocenters. The van der Waals surface area contributed by atoms with Gasteiger partial charge in [-0.2, -0.15) is 0 Å². The first-order valence-electron chi connectivity index (χ1n) is 7.29. The Hall–Kier alpha value is -2.54. The van der Waals surface area contributed by atoms with Crippen LogP contribution in [0, 0.1) is 0 Å². The van der Waals surface area contributed by atoms with Gasteiger partial charge in [0.15, 0.2) is 0 Å². The molecule has 0 N–H and O–H groups in total. The van der Waals surface area contributed by atoms with E-state index in [-0.39, 0.29) is 0 Å². The van der Waals surface area contributed by atoms with Crippen molar-refractivity contribution in [1.29, 1.82) is 0 Å². The van der Waals surface area contributed by atoms with Gasteiger partial charge in [0.25, 0.3) is 0 Å². The zero-order valence-corrected chi connectivity index (χ0v) is 14.0. The van der Waals surface area contributed by atoms with Crippen molar-refractivity contribution in [3.8, 4) is 0 Å². The Morgan fingerprint density at radius 1 is 0.727 bits per heavy atom. The fourth-order valence-corrected chi connectivity index (χ4v) is 1.85. The highest BCUT2D eigenvalue weighted by Crippen LogP contribution is 2.21. The smallest absolute Gasteiger partial charge is 0.0412 e. The molecule has 0 rings (SSSR count). The van der Waals surface area contributed by atoms with Crippen LogP contribution in [0.1, 0.15) is 20.8 Å². The first kappa shape index (κ1) is 19.5. The third-order valence-electron chi connectivity index (χ3n) is 2.83. The van der Waals surface area contributed by atoms with E-state index in [1.54, 1.807) is 18.2 Å². The Bertz CT molecular complexity index is 514. The van der Waals surface area contributed by atoms with Gasteiger partial charge in [0.2, 0.25) is 0 Å². The van der Waals surface area contributed by atoms with Gasteiger partial charge in [-0.3, -0.25) is 0 Å². The number of hydrogen-bond acceptors (Lipinski definition) is 1. The molecule has 0 saturated heterocycles. The van der Waals surface area contributed by atoms with Crippen molar-refractivity contribution in [3.05, 3.63) is 110 Å². The van der Waals surface area contributed by atoms with Crippen LogP contribution in [0.25, 0.3) is 0 Å². The van der Waals surface area contributed by atoms with Crippen LogP contribution in [0.15, 0.2) is 110 Å². The zero-order chi connectivity index (χ0) is 16.8. The van der Waals surface area contributed by atoms with Crippen LogP contribution in [0.4, 0.5) is 0 Å². The fourth-order valence-electron chi connectivity index (χ4n) is 1.85. The predicted molar refractivity (Wildman–Crippen MR) is 101 cm³/mol. The van der Waals surface area contributed by atoms with Crippen LogP contribution in [-0.4, -0.2) is 4.90 Å². The SMILES string of the molecule is C=C/C=C\C=C(/C)N(/C(C)=C/C=C\C=C)C(/C=C\C=C)=C/C. The molecule has 0 aliphatic heterocycles. The molecular weight excluding hydrogens is 266 g/mol. The number of nitrogens with zero attached hydrogens (tertiary/aromatic N) is 1. The average Bonchev–Trinajstić information content (AvgIpc) is 2.51. The molecule has 0 aromatic carbocycles. The second-order valence-corrected chi connectivity index (χ2v) is 4.50. The molecule has 0 saturated carbocycles. The highest BCUT2D eigenvalue weighted by atomic mass is 15.1. The van der Waals surface area contributed by atoms with Crippen molar-refractivity contribution < 1.29 is 0 Å². The lowest BCUT2D eigenvalue weighted by atomic mass is 10.2. The summed E-state index contributed by atoms with van der Waals surface area (Å²) in [5.74, 6) is 0. The summed E-state index contributed by atoms with van der Waals surface area (Å²) in [6.07, 6.45) is 23.2. The number of allylic oxidation sites excluding steroid dienone is 14. The van der Waals surface area contributed by atoms with E-state index in [1.807, 2.05) is 43.4 Å². The Morgan fingerprint density at radius 2 is 1.18 bits per heavy atom. The van der Waals surface area contributed by atoms with Crippen molar-refractivity contribution in [2.75, 3.05) is 0 Å². The summed E-state index contributed by atoms with van der Waals surface area (Å²) in [6.45, 7) is 17.3. The van der Waals surface area contributed by atoms with Gasteiger partial charge in [0.1, 0.15) is 0 Å². The summed E-state index contributed by atoms with van der Waals surface area (Å²) in [5.41, 5.74) is 3.31. The molecule has 0 aromatic heterocycles. The quantitative estimate of drug-likeness (QED) is 0.456. The third kappa shape index (κ3) is 7.30. The predicted octanol–water partition coefficient (Wildman–Crippen LogP) is 6.23. The maximum absolute atomic E-state index is 3.73. The van der Waals surface area contributed by atoms with Crippen molar-refractivity contribution in [3.63, 3.8) is 0 Å². The molecule has 0 atom stereocenters. The third-order valence-corrected chi connectivity index (χ3v) is 2.83. The van der Waals surface area contributed by atoms with Gasteiger partial charge < -0.3 is 4.90 Å². The van der Waals surface area contributed by atoms with Gasteiger partial charge >= 0.3 is 0 Å². The van der Waals surface area contributed by atoms with Crippen LogP contribution < -0.4 is 0 Å². The molecule has 1 heteroatoms. The van der Waals surface area contributed by atoms with E-state index < -0.39 is 0 Å². The largest absolute Gasteiger partial charge is 0.319 e. The minimum Gasteiger partial charge on any atom is -0.319 e. The molecule has 0 aliphatic carbocycles. The summed E-state index contributed by atoms with van der Waals surface area (Å²) in [7, 11) is 0. The number of hydrogen-bond donors (Lipinski definition) is 0. The molecule has 116 valence electrons. The standard InChI is InChI=1S/C21H27N/c1-7-11-14-16-19(5)22(20(6)17-15-12-8-2)21(10-4)18-13-9-3/h7-18H,1-3H2,4-6H3/b14-11-,15-12-,18-13-,19-16+,20-17+,21-10+. The molecule has 0 amide bonds. The van der Waals surface area contributed by atoms with E-state index in [0.29, 0.717) is 0 Å². The monoisotopic (exact) mass is 293 g/mol. The van der Waals surface area contributed by atoms with E-state index in [2.05, 4.69) is 56.7 Å². The van der Waals surface area contributed by atoms with E-state index in [4.69, 9.17) is 0 Å². The molecule has 0 heterocycles. The van der Waals surface area contributed by atoms with Gasteiger partial charge in [-0.05, 0) is 39.0 Å². The van der Waals surface area contributed by atoms with Crippen molar-refractivity contribution in [2.24, 2.45) is 0 Å². The Kier molecular flexibility index (Phi) is 10.8. The normalized spacial score (nSPS) is 14.0. The lowest BCUT2D eigenvalue weighted by Gasteiger charge is -2.27. The van der Waals surface area contributed by atoms with Crippen LogP contribution in [0.2, 0.25) is 0 Å². The van der Waals surface area contributed by atoms with Gasteiger partial charge in [0, 0.05) is 17.1 Å². The van der Waals surface area contributed by atoms with E-state index in [9.17, 15) is 0 Å². The lowest BCUT2D eigenvalue weighted by molar-refractivity contribution is 0.543. The molecule has 0 radical (unpaired) electrons. The van der Waals surface area contributed by atoms with Gasteiger partial charge in [-0.15, -0.1) is 0 Å². The fraction of sp³-hybridized carbons (Fsp3) is 0.143. The van der Waals surface area contributed by atoms with Gasteiger partial charge in [0.05, 0.1) is 0 Å². The number of rotatable bonds is 9. The van der Waals surface area contributed by atoms with E-state index >= 15 is 0 Å². The molecule has 0 aliphatic rings. The van der Waals surface area contributed by atoms with E-state index in [0.717, 1.165) is 17.1 Å². The van der Waals surface area contributed by atoms with Crippen molar-refractivity contribution >= 4 is 0 Å². The minimum absolute atomic E-state index is 1.08. The van der Waals surface area contributed by atoms with Crippen LogP contribution in [0.5, 0.6) is 0 Å². The van der Waals surface area contributed by atoms with Crippen LogP contribution in [0.3, 0.4) is 0 Å². The highest BCUT2D eigenvalue weighted by molar-refractivity contribution is 5.32. The molecule has 0 bridgehead atoms. The molecular formula is C21H27N. The molecule has 22 heavy (non-hydrogen) atoms. The molecule has 0 aromatic rings. The zero-order valence-electron chi connectivity index (χ0n) is 14.0. The highest BCUT2D eigenvalue weighted by Gasteiger charge is 2.09. The van der Waals surface area contributed by atoms with Crippen LogP contribution >= 0.6 is 0 Å². The van der Waals surface area contributed by atoms with Crippen molar-refractivity contribution in [2.45, 2.75) is 20.8 Å². The second kappa shape index (κ2) is 12.2. The average molecular weight is 293 g/mol. The molecule has 0 spiro atoms. The lowest BCUT2D eigenvalue weighted by Crippen LogP contribution is -2.18. The molecule has 1 nitrogen and oxygen atoms in total. The van der Waals surface area contributed by atoms with E-state index in [1.165, 1.54) is 0 Å². The van der Waals surface area contributed by atoms with Crippen LogP contribution in [-0.2, 0) is 0 Å². The Balaban J connectivity index is 5.74. The second-order valence-electron chi connectivity index (χ2n) is 4.50. The summed E-state index contributed by atoms with van der Waals surface area (Å²) >= 11 is 0. The first-order valence-corrected chi connectivity index (χ1v) is 7.29. The minimum atomic E-state index is 1.08. The molecule has 0 fully saturated rings.